The topological polar surface area (TPSA) is 85.8 Å². The molecule has 0 aliphatic heterocycles. The smallest absolute Gasteiger partial charge is 0.227 e. The van der Waals surface area contributed by atoms with Gasteiger partial charge in [-0.2, -0.15) is 15.0 Å². The number of rotatable bonds is 3. The lowest BCUT2D eigenvalue weighted by molar-refractivity contribution is -0.122. The monoisotopic (exact) mass is 325 g/mol. The van der Waals surface area contributed by atoms with Gasteiger partial charge in [-0.25, -0.2) is 0 Å². The molecule has 0 bridgehead atoms. The third-order valence-electron chi connectivity index (χ3n) is 5.59. The highest BCUT2D eigenvalue weighted by Gasteiger charge is 2.45. The second-order valence-corrected chi connectivity index (χ2v) is 7.30. The summed E-state index contributed by atoms with van der Waals surface area (Å²) in [6.07, 6.45) is 9.81. The van der Waals surface area contributed by atoms with Crippen LogP contribution in [0, 0.1) is 11.3 Å². The van der Waals surface area contributed by atoms with Gasteiger partial charge in [-0.05, 0) is 68.2 Å². The number of aromatic nitrogens is 3. The molecule has 1 aromatic carbocycles. The lowest BCUT2D eigenvalue weighted by Gasteiger charge is -2.50. The Labute approximate surface area is 141 Å². The van der Waals surface area contributed by atoms with Crippen molar-refractivity contribution in [3.05, 3.63) is 36.7 Å². The van der Waals surface area contributed by atoms with Crippen LogP contribution < -0.4 is 11.1 Å². The third kappa shape index (κ3) is 2.94. The van der Waals surface area contributed by atoms with Crippen molar-refractivity contribution in [3.63, 3.8) is 0 Å². The Hall–Kier alpha value is -2.21. The van der Waals surface area contributed by atoms with Crippen molar-refractivity contribution in [3.8, 4) is 5.69 Å². The maximum atomic E-state index is 12.5. The maximum absolute atomic E-state index is 12.5. The van der Waals surface area contributed by atoms with Gasteiger partial charge in [-0.3, -0.25) is 4.79 Å². The Morgan fingerprint density at radius 1 is 1.12 bits per heavy atom. The van der Waals surface area contributed by atoms with Crippen molar-refractivity contribution in [2.75, 3.05) is 5.32 Å². The minimum Gasteiger partial charge on any atom is -0.328 e. The van der Waals surface area contributed by atoms with E-state index in [1.54, 1.807) is 17.2 Å². The number of nitrogens with zero attached hydrogens (tertiary/aromatic N) is 3. The number of carbonyl (C=O) groups is 1. The first-order valence-corrected chi connectivity index (χ1v) is 8.67. The first kappa shape index (κ1) is 15.3. The van der Waals surface area contributed by atoms with Crippen molar-refractivity contribution in [2.45, 2.75) is 44.6 Å². The second-order valence-electron chi connectivity index (χ2n) is 7.30. The highest BCUT2D eigenvalue weighted by Crippen LogP contribution is 2.52. The van der Waals surface area contributed by atoms with E-state index in [4.69, 9.17) is 5.73 Å². The lowest BCUT2D eigenvalue weighted by Crippen LogP contribution is -2.48. The summed E-state index contributed by atoms with van der Waals surface area (Å²) in [5.41, 5.74) is 8.09. The van der Waals surface area contributed by atoms with Gasteiger partial charge >= 0.3 is 0 Å². The quantitative estimate of drug-likeness (QED) is 0.908. The summed E-state index contributed by atoms with van der Waals surface area (Å²) in [4.78, 5) is 14.0. The van der Waals surface area contributed by atoms with Gasteiger partial charge in [0.05, 0.1) is 18.1 Å². The molecule has 6 nitrogen and oxygen atoms in total. The number of carbonyl (C=O) groups excluding carboxylic acids is 1. The molecule has 126 valence electrons. The summed E-state index contributed by atoms with van der Waals surface area (Å²) >= 11 is 0. The van der Waals surface area contributed by atoms with Gasteiger partial charge in [-0.15, -0.1) is 0 Å². The van der Waals surface area contributed by atoms with E-state index in [9.17, 15) is 4.79 Å². The molecule has 1 aromatic heterocycles. The summed E-state index contributed by atoms with van der Waals surface area (Å²) in [5, 5.41) is 11.2. The normalized spacial score (nSPS) is 29.2. The van der Waals surface area contributed by atoms with E-state index in [0.717, 1.165) is 49.9 Å². The van der Waals surface area contributed by atoms with Crippen LogP contribution in [0.1, 0.15) is 38.5 Å². The fraction of sp³-hybridized carbons (Fsp3) is 0.500. The van der Waals surface area contributed by atoms with Crippen LogP contribution in [-0.2, 0) is 4.79 Å². The van der Waals surface area contributed by atoms with Crippen LogP contribution in [0.2, 0.25) is 0 Å². The standard InChI is InChI=1S/C18H23N5O/c19-14-11-18(12-14)7-5-13(6-8-18)17(24)22-15-1-3-16(4-2-15)23-20-9-10-21-23/h1-4,9-10,13-14H,5-8,11-12,19H2,(H,22,24). The van der Waals surface area contributed by atoms with Crippen LogP contribution in [0.5, 0.6) is 0 Å². The Balaban J connectivity index is 1.33. The molecule has 2 aliphatic rings. The number of amides is 1. The van der Waals surface area contributed by atoms with Gasteiger partial charge < -0.3 is 11.1 Å². The summed E-state index contributed by atoms with van der Waals surface area (Å²) in [5.74, 6) is 0.262. The van der Waals surface area contributed by atoms with E-state index in [1.807, 2.05) is 24.3 Å². The molecular formula is C18H23N5O. The number of anilines is 1. The fourth-order valence-corrected chi connectivity index (χ4v) is 4.22. The van der Waals surface area contributed by atoms with Crippen LogP contribution >= 0.6 is 0 Å². The lowest BCUT2D eigenvalue weighted by atomic mass is 9.57. The second kappa shape index (κ2) is 6.02. The molecule has 0 radical (unpaired) electrons. The largest absolute Gasteiger partial charge is 0.328 e. The van der Waals surface area contributed by atoms with E-state index in [-0.39, 0.29) is 11.8 Å². The van der Waals surface area contributed by atoms with E-state index < -0.39 is 0 Å². The van der Waals surface area contributed by atoms with E-state index in [1.165, 1.54) is 0 Å². The minimum absolute atomic E-state index is 0.125. The first-order chi connectivity index (χ1) is 11.6. The van der Waals surface area contributed by atoms with E-state index >= 15 is 0 Å². The SMILES string of the molecule is NC1CC2(CCC(C(=O)Nc3ccc(-n4nccn4)cc3)CC2)C1. The molecule has 0 unspecified atom stereocenters. The Bertz CT molecular complexity index is 694. The molecule has 2 aromatic rings. The number of hydrogen-bond acceptors (Lipinski definition) is 4. The molecule has 3 N–H and O–H groups in total. The predicted octanol–water partition coefficient (Wildman–Crippen LogP) is 2.50. The summed E-state index contributed by atoms with van der Waals surface area (Å²) in [7, 11) is 0. The molecule has 1 amide bonds. The molecule has 0 saturated heterocycles. The van der Waals surface area contributed by atoms with Crippen LogP contribution in [0.3, 0.4) is 0 Å². The zero-order valence-electron chi connectivity index (χ0n) is 13.7. The van der Waals surface area contributed by atoms with Crippen LogP contribution in [0.25, 0.3) is 5.69 Å². The van der Waals surface area contributed by atoms with Crippen LogP contribution in [-0.4, -0.2) is 26.9 Å². The maximum Gasteiger partial charge on any atom is 0.227 e. The van der Waals surface area contributed by atoms with E-state index in [2.05, 4.69) is 15.5 Å². The fourth-order valence-electron chi connectivity index (χ4n) is 4.22. The van der Waals surface area contributed by atoms with Crippen molar-refractivity contribution < 1.29 is 4.79 Å². The van der Waals surface area contributed by atoms with Crippen LogP contribution in [0.4, 0.5) is 5.69 Å². The highest BCUT2D eigenvalue weighted by molar-refractivity contribution is 5.92. The minimum atomic E-state index is 0.125. The molecule has 2 saturated carbocycles. The molecule has 4 rings (SSSR count). The molecule has 1 heterocycles. The number of benzene rings is 1. The molecule has 2 aliphatic carbocycles. The highest BCUT2D eigenvalue weighted by atomic mass is 16.1. The van der Waals surface area contributed by atoms with Gasteiger partial charge in [0.25, 0.3) is 0 Å². The molecular weight excluding hydrogens is 302 g/mol. The van der Waals surface area contributed by atoms with Gasteiger partial charge in [0.2, 0.25) is 5.91 Å². The number of hydrogen-bond donors (Lipinski definition) is 2. The molecule has 2 fully saturated rings. The van der Waals surface area contributed by atoms with Gasteiger partial charge in [0, 0.05) is 17.6 Å². The van der Waals surface area contributed by atoms with E-state index in [0.29, 0.717) is 11.5 Å². The summed E-state index contributed by atoms with van der Waals surface area (Å²) in [6.45, 7) is 0. The van der Waals surface area contributed by atoms with Crippen LogP contribution in [0.15, 0.2) is 36.7 Å². The average molecular weight is 325 g/mol. The third-order valence-corrected chi connectivity index (χ3v) is 5.59. The number of nitrogens with one attached hydrogen (secondary N) is 1. The molecule has 24 heavy (non-hydrogen) atoms. The summed E-state index contributed by atoms with van der Waals surface area (Å²) < 4.78 is 0. The Morgan fingerprint density at radius 2 is 1.75 bits per heavy atom. The zero-order chi connectivity index (χ0) is 16.6. The van der Waals surface area contributed by atoms with Gasteiger partial charge in [-0.1, -0.05) is 0 Å². The van der Waals surface area contributed by atoms with Crippen molar-refractivity contribution in [1.29, 1.82) is 0 Å². The first-order valence-electron chi connectivity index (χ1n) is 8.67. The van der Waals surface area contributed by atoms with Crippen molar-refractivity contribution >= 4 is 11.6 Å². The molecule has 1 spiro atoms. The van der Waals surface area contributed by atoms with Gasteiger partial charge in [0.15, 0.2) is 0 Å². The Kier molecular flexibility index (Phi) is 3.84. The van der Waals surface area contributed by atoms with Crippen molar-refractivity contribution in [2.24, 2.45) is 17.1 Å². The summed E-state index contributed by atoms with van der Waals surface area (Å²) in [6, 6.07) is 7.98. The predicted molar refractivity (Wildman–Crippen MR) is 91.6 cm³/mol. The zero-order valence-corrected chi connectivity index (χ0v) is 13.7. The molecule has 0 atom stereocenters. The Morgan fingerprint density at radius 3 is 2.33 bits per heavy atom. The van der Waals surface area contributed by atoms with Gasteiger partial charge in [0.1, 0.15) is 0 Å². The molecule has 6 heteroatoms. The van der Waals surface area contributed by atoms with Crippen molar-refractivity contribution in [1.82, 2.24) is 15.0 Å². The average Bonchev–Trinajstić information content (AvgIpc) is 3.09. The number of nitrogens with two attached hydrogens (primary N) is 1.